The molecule has 0 fully saturated rings. The molecule has 0 aliphatic carbocycles. The molecule has 0 bridgehead atoms. The molecule has 1 atom stereocenters. The minimum absolute atomic E-state index is 0.0308. The van der Waals surface area contributed by atoms with E-state index in [1.54, 1.807) is 0 Å². The minimum Gasteiger partial charge on any atom is -0.465 e. The highest BCUT2D eigenvalue weighted by Crippen LogP contribution is 2.38. The second-order valence-corrected chi connectivity index (χ2v) is 8.43. The van der Waals surface area contributed by atoms with Gasteiger partial charge in [-0.15, -0.1) is 0 Å². The van der Waals surface area contributed by atoms with Gasteiger partial charge in [-0.2, -0.15) is 13.2 Å². The summed E-state index contributed by atoms with van der Waals surface area (Å²) in [5.74, 6) is -3.31. The largest absolute Gasteiger partial charge is 0.465 e. The first-order valence-electron chi connectivity index (χ1n) is 10.3. The van der Waals surface area contributed by atoms with Gasteiger partial charge in [-0.05, 0) is 35.9 Å². The van der Waals surface area contributed by atoms with E-state index in [0.29, 0.717) is 12.1 Å². The predicted molar refractivity (Wildman–Crippen MR) is 117 cm³/mol. The summed E-state index contributed by atoms with van der Waals surface area (Å²) in [6, 6.07) is 3.47. The van der Waals surface area contributed by atoms with Gasteiger partial charge in [-0.25, -0.2) is 18.6 Å². The molecule has 0 radical (unpaired) electrons. The van der Waals surface area contributed by atoms with E-state index in [2.05, 4.69) is 15.3 Å². The van der Waals surface area contributed by atoms with E-state index in [4.69, 9.17) is 16.3 Å². The van der Waals surface area contributed by atoms with Crippen LogP contribution in [-0.2, 0) is 22.1 Å². The maximum Gasteiger partial charge on any atom is 0.416 e. The highest BCUT2D eigenvalue weighted by Gasteiger charge is 2.36. The lowest BCUT2D eigenvalue weighted by atomic mass is 9.93. The number of imidazole rings is 1. The number of amides is 1. The maximum absolute atomic E-state index is 14.5. The summed E-state index contributed by atoms with van der Waals surface area (Å²) in [7, 11) is 1.13. The Kier molecular flexibility index (Phi) is 5.51. The van der Waals surface area contributed by atoms with Gasteiger partial charge in [0.2, 0.25) is 11.9 Å². The van der Waals surface area contributed by atoms with Crippen molar-refractivity contribution in [3.63, 3.8) is 0 Å². The average molecular weight is 525 g/mol. The summed E-state index contributed by atoms with van der Waals surface area (Å²) in [5, 5.41) is 2.79. The van der Waals surface area contributed by atoms with Crippen LogP contribution in [0.3, 0.4) is 0 Å². The topological polar surface area (TPSA) is 89.0 Å². The first-order chi connectivity index (χ1) is 17.0. The molecule has 36 heavy (non-hydrogen) atoms. The smallest absolute Gasteiger partial charge is 0.416 e. The Morgan fingerprint density at radius 3 is 2.67 bits per heavy atom. The van der Waals surface area contributed by atoms with Crippen molar-refractivity contribution in [3.8, 4) is 5.95 Å². The molecular weight excluding hydrogens is 511 g/mol. The van der Waals surface area contributed by atoms with E-state index in [-0.39, 0.29) is 50.8 Å². The SMILES string of the molecule is COC(=O)c1cn(-c2nc3c(F)cc(C(F)(F)F)cc3[nH]2)c2c1CC(=O)NC2c1cc(F)ccc1Cl. The van der Waals surface area contributed by atoms with E-state index in [0.717, 1.165) is 19.2 Å². The van der Waals surface area contributed by atoms with Crippen molar-refractivity contribution in [1.29, 1.82) is 0 Å². The monoisotopic (exact) mass is 524 g/mol. The average Bonchev–Trinajstić information content (AvgIpc) is 3.41. The van der Waals surface area contributed by atoms with Crippen LogP contribution >= 0.6 is 11.6 Å². The summed E-state index contributed by atoms with van der Waals surface area (Å²) >= 11 is 6.29. The van der Waals surface area contributed by atoms with Gasteiger partial charge < -0.3 is 15.0 Å². The molecule has 1 aliphatic rings. The van der Waals surface area contributed by atoms with Crippen molar-refractivity contribution in [2.75, 3.05) is 7.11 Å². The van der Waals surface area contributed by atoms with Gasteiger partial charge in [0.1, 0.15) is 11.3 Å². The van der Waals surface area contributed by atoms with Crippen LogP contribution in [0.15, 0.2) is 36.5 Å². The van der Waals surface area contributed by atoms with Crippen LogP contribution < -0.4 is 5.32 Å². The van der Waals surface area contributed by atoms with Gasteiger partial charge in [0.05, 0.1) is 41.9 Å². The van der Waals surface area contributed by atoms with E-state index in [9.17, 15) is 31.5 Å². The first kappa shape index (κ1) is 23.8. The Balaban J connectivity index is 1.78. The van der Waals surface area contributed by atoms with E-state index in [1.165, 1.54) is 16.8 Å². The van der Waals surface area contributed by atoms with Crippen molar-refractivity contribution in [2.45, 2.75) is 18.6 Å². The molecule has 1 amide bonds. The molecule has 7 nitrogen and oxygen atoms in total. The van der Waals surface area contributed by atoms with Crippen LogP contribution in [-0.4, -0.2) is 33.5 Å². The summed E-state index contributed by atoms with van der Waals surface area (Å²) in [4.78, 5) is 31.8. The van der Waals surface area contributed by atoms with Gasteiger partial charge in [0.25, 0.3) is 0 Å². The fraction of sp³-hybridized carbons (Fsp3) is 0.174. The Morgan fingerprint density at radius 1 is 1.22 bits per heavy atom. The molecule has 2 aromatic heterocycles. The van der Waals surface area contributed by atoms with Gasteiger partial charge in [-0.1, -0.05) is 11.6 Å². The minimum atomic E-state index is -4.80. The molecule has 2 aromatic carbocycles. The number of aromatic nitrogens is 3. The summed E-state index contributed by atoms with van der Waals surface area (Å²) in [6.07, 6.45) is -3.80. The van der Waals surface area contributed by atoms with Crippen LogP contribution in [0.25, 0.3) is 17.0 Å². The fourth-order valence-corrected chi connectivity index (χ4v) is 4.49. The van der Waals surface area contributed by atoms with E-state index < -0.39 is 41.3 Å². The third kappa shape index (κ3) is 3.87. The van der Waals surface area contributed by atoms with Crippen molar-refractivity contribution >= 4 is 34.5 Å². The Labute approximate surface area is 203 Å². The first-order valence-corrected chi connectivity index (χ1v) is 10.7. The van der Waals surface area contributed by atoms with Crippen LogP contribution in [0.1, 0.15) is 38.8 Å². The Bertz CT molecular complexity index is 1560. The number of fused-ring (bicyclic) bond motifs is 2. The number of hydrogen-bond donors (Lipinski definition) is 2. The van der Waals surface area contributed by atoms with Gasteiger partial charge in [0, 0.05) is 16.8 Å². The zero-order valence-electron chi connectivity index (χ0n) is 18.1. The number of ether oxygens (including phenoxy) is 1. The number of esters is 1. The number of methoxy groups -OCH3 is 1. The number of aromatic amines is 1. The lowest BCUT2D eigenvalue weighted by Crippen LogP contribution is -2.37. The molecule has 13 heteroatoms. The third-order valence-electron chi connectivity index (χ3n) is 5.83. The Morgan fingerprint density at radius 2 is 1.97 bits per heavy atom. The molecular formula is C23H14ClF5N4O3. The third-order valence-corrected chi connectivity index (χ3v) is 6.17. The molecule has 3 heterocycles. The molecule has 4 aromatic rings. The number of nitrogens with zero attached hydrogens (tertiary/aromatic N) is 2. The second-order valence-electron chi connectivity index (χ2n) is 8.02. The molecule has 0 saturated carbocycles. The number of carbonyl (C=O) groups is 2. The number of halogens is 6. The molecule has 0 saturated heterocycles. The molecule has 1 unspecified atom stereocenters. The lowest BCUT2D eigenvalue weighted by Gasteiger charge is -2.27. The number of alkyl halides is 3. The number of hydrogen-bond acceptors (Lipinski definition) is 4. The zero-order chi connectivity index (χ0) is 25.9. The highest BCUT2D eigenvalue weighted by molar-refractivity contribution is 6.31. The standard InChI is InChI=1S/C23H14ClF5N4O3/c1-36-21(35)13-8-33(22-30-16-5-9(23(27,28)29)4-15(26)19(16)32-22)20-11(13)7-17(34)31-18(20)12-6-10(25)2-3-14(12)24/h2-6,8,18H,7H2,1H3,(H,30,32)(H,31,34). The Hall–Kier alpha value is -3.93. The molecule has 2 N–H and O–H groups in total. The van der Waals surface area contributed by atoms with Crippen LogP contribution in [0.2, 0.25) is 5.02 Å². The van der Waals surface area contributed by atoms with Crippen LogP contribution in [0, 0.1) is 11.6 Å². The predicted octanol–water partition coefficient (Wildman–Crippen LogP) is 4.85. The zero-order valence-corrected chi connectivity index (χ0v) is 18.9. The normalized spacial score (nSPS) is 15.6. The summed E-state index contributed by atoms with van der Waals surface area (Å²) in [6.45, 7) is 0. The van der Waals surface area contributed by atoms with Gasteiger partial charge >= 0.3 is 12.1 Å². The van der Waals surface area contributed by atoms with Crippen molar-refractivity contribution < 1.29 is 36.3 Å². The van der Waals surface area contributed by atoms with Crippen molar-refractivity contribution in [1.82, 2.24) is 19.9 Å². The lowest BCUT2D eigenvalue weighted by molar-refractivity contribution is -0.137. The van der Waals surface area contributed by atoms with Crippen molar-refractivity contribution in [2.24, 2.45) is 0 Å². The van der Waals surface area contributed by atoms with E-state index in [1.807, 2.05) is 0 Å². The summed E-state index contributed by atoms with van der Waals surface area (Å²) < 4.78 is 74.3. The van der Waals surface area contributed by atoms with Crippen LogP contribution in [0.5, 0.6) is 0 Å². The number of rotatable bonds is 3. The number of carbonyl (C=O) groups excluding carboxylic acids is 2. The number of benzene rings is 2. The number of H-pyrrole nitrogens is 1. The molecule has 0 spiro atoms. The highest BCUT2D eigenvalue weighted by atomic mass is 35.5. The van der Waals surface area contributed by atoms with Crippen LogP contribution in [0.4, 0.5) is 22.0 Å². The van der Waals surface area contributed by atoms with E-state index >= 15 is 0 Å². The second kappa shape index (κ2) is 8.33. The molecule has 186 valence electrons. The van der Waals surface area contributed by atoms with Gasteiger partial charge in [-0.3, -0.25) is 9.36 Å². The molecule has 5 rings (SSSR count). The number of nitrogens with one attached hydrogen (secondary N) is 2. The quantitative estimate of drug-likeness (QED) is 0.296. The van der Waals surface area contributed by atoms with Gasteiger partial charge in [0.15, 0.2) is 5.82 Å². The molecule has 1 aliphatic heterocycles. The maximum atomic E-state index is 14.5. The summed E-state index contributed by atoms with van der Waals surface area (Å²) in [5.41, 5.74) is -1.28. The fourth-order valence-electron chi connectivity index (χ4n) is 4.26. The van der Waals surface area contributed by atoms with Crippen molar-refractivity contribution in [3.05, 3.63) is 81.1 Å².